The first-order valence-electron chi connectivity index (χ1n) is 15.3. The fraction of sp³-hybridized carbons (Fsp3) is 0.371. The normalized spacial score (nSPS) is 16.2. The standard InChI is InChI=1S/C35H36N4O3S/c1-22-34(43-23(2)36-22)31-15-11-25-19-26(12-14-30(25)37-31)33-27(13-16-32(40)39-17-7-4-8-18-39)20-28(35(41)38-42)21-29(33)24-9-5-3-6-10-24/h11-16,19-21,24H,3-10,17-18H2,1-2H3/b16-13+. The molecule has 1 aliphatic carbocycles. The molecule has 2 amide bonds. The lowest BCUT2D eigenvalue weighted by Gasteiger charge is -2.27. The highest BCUT2D eigenvalue weighted by Gasteiger charge is 2.24. The van der Waals surface area contributed by atoms with Crippen LogP contribution in [0.2, 0.25) is 0 Å². The van der Waals surface area contributed by atoms with Gasteiger partial charge in [0.25, 0.3) is 0 Å². The summed E-state index contributed by atoms with van der Waals surface area (Å²) in [6.45, 7) is 5.54. The second-order valence-corrected chi connectivity index (χ2v) is 12.9. The van der Waals surface area contributed by atoms with Crippen molar-refractivity contribution in [3.05, 3.63) is 80.8 Å². The summed E-state index contributed by atoms with van der Waals surface area (Å²) < 4.78 is 0. The van der Waals surface area contributed by atoms with E-state index >= 15 is 0 Å². The Labute approximate surface area is 256 Å². The zero-order valence-electron chi connectivity index (χ0n) is 24.8. The average molecular weight is 593 g/mol. The number of benzene rings is 2. The van der Waals surface area contributed by atoms with Crippen LogP contribution in [0.3, 0.4) is 0 Å². The molecule has 0 unspecified atom stereocenters. The summed E-state index contributed by atoms with van der Waals surface area (Å²) in [6, 6.07) is 14.0. The summed E-state index contributed by atoms with van der Waals surface area (Å²) in [5.41, 5.74) is 6.84. The van der Waals surface area contributed by atoms with Gasteiger partial charge in [-0.1, -0.05) is 31.4 Å². The van der Waals surface area contributed by atoms with Crippen LogP contribution in [0, 0.1) is 18.8 Å². The summed E-state index contributed by atoms with van der Waals surface area (Å²) in [5, 5.41) is 4.76. The Bertz CT molecular complexity index is 1730. The smallest absolute Gasteiger partial charge is 0.316 e. The molecule has 1 saturated heterocycles. The fourth-order valence-electron chi connectivity index (χ4n) is 6.62. The number of carbonyl (C=O) groups excluding carboxylic acids is 2. The van der Waals surface area contributed by atoms with Gasteiger partial charge in [-0.05, 0) is 111 Å². The Morgan fingerprint density at radius 1 is 0.930 bits per heavy atom. The van der Waals surface area contributed by atoms with E-state index in [1.165, 1.54) is 6.42 Å². The SMILES string of the molecule is Cc1nc(C)c(-c2ccc3cc(-c4c(/C=C/C(=O)N5CCCCC5)cc(C(=O)N=O)cc4C4CCCCC4)ccc3n2)s1. The molecule has 2 aromatic carbocycles. The van der Waals surface area contributed by atoms with E-state index in [0.29, 0.717) is 0 Å². The third kappa shape index (κ3) is 6.20. The lowest BCUT2D eigenvalue weighted by molar-refractivity contribution is -0.126. The van der Waals surface area contributed by atoms with E-state index in [1.807, 2.05) is 43.0 Å². The maximum absolute atomic E-state index is 13.1. The summed E-state index contributed by atoms with van der Waals surface area (Å²) in [7, 11) is 0. The third-order valence-corrected chi connectivity index (χ3v) is 9.86. The molecule has 0 spiro atoms. The molecule has 0 N–H and O–H groups in total. The van der Waals surface area contributed by atoms with Crippen LogP contribution >= 0.6 is 11.3 Å². The number of hydrogen-bond donors (Lipinski definition) is 0. The van der Waals surface area contributed by atoms with Crippen molar-refractivity contribution in [3.8, 4) is 21.7 Å². The van der Waals surface area contributed by atoms with Crippen molar-refractivity contribution < 1.29 is 9.59 Å². The number of aryl methyl sites for hydroxylation is 2. The Kier molecular flexibility index (Phi) is 8.56. The summed E-state index contributed by atoms with van der Waals surface area (Å²) in [6.07, 6.45) is 12.1. The van der Waals surface area contributed by atoms with Crippen molar-refractivity contribution in [2.24, 2.45) is 5.18 Å². The number of nitroso groups, excluding NO2 is 1. The first-order chi connectivity index (χ1) is 20.9. The van der Waals surface area contributed by atoms with Gasteiger partial charge in [0.15, 0.2) is 0 Å². The molecular formula is C35H36N4O3S. The number of amides is 2. The maximum Gasteiger partial charge on any atom is 0.316 e. The van der Waals surface area contributed by atoms with Crippen LogP contribution in [0.5, 0.6) is 0 Å². The second-order valence-electron chi connectivity index (χ2n) is 11.7. The van der Waals surface area contributed by atoms with Crippen molar-refractivity contribution in [2.45, 2.75) is 71.1 Å². The third-order valence-electron chi connectivity index (χ3n) is 8.76. The molecule has 8 heteroatoms. The fourth-order valence-corrected chi connectivity index (χ4v) is 7.51. The van der Waals surface area contributed by atoms with E-state index in [-0.39, 0.29) is 17.4 Å². The van der Waals surface area contributed by atoms with E-state index < -0.39 is 5.91 Å². The molecule has 2 aromatic heterocycles. The predicted molar refractivity (Wildman–Crippen MR) is 173 cm³/mol. The Hall–Kier alpha value is -4.04. The largest absolute Gasteiger partial charge is 0.339 e. The van der Waals surface area contributed by atoms with E-state index in [2.05, 4.69) is 28.4 Å². The maximum atomic E-state index is 13.1. The molecule has 4 aromatic rings. The average Bonchev–Trinajstić information content (AvgIpc) is 3.40. The van der Waals surface area contributed by atoms with E-state index in [0.717, 1.165) is 112 Å². The minimum Gasteiger partial charge on any atom is -0.339 e. The lowest BCUT2D eigenvalue weighted by Crippen LogP contribution is -2.34. The highest BCUT2D eigenvalue weighted by atomic mass is 32.1. The number of thiazole rings is 1. The van der Waals surface area contributed by atoms with E-state index in [4.69, 9.17) is 4.98 Å². The number of piperidine rings is 1. The number of hydrogen-bond acceptors (Lipinski definition) is 6. The molecule has 43 heavy (non-hydrogen) atoms. The number of carbonyl (C=O) groups is 2. The van der Waals surface area contributed by atoms with Crippen LogP contribution in [-0.2, 0) is 4.79 Å². The molecule has 1 aliphatic heterocycles. The van der Waals surface area contributed by atoms with Crippen LogP contribution < -0.4 is 0 Å². The monoisotopic (exact) mass is 592 g/mol. The van der Waals surface area contributed by atoms with Crippen LogP contribution in [0.25, 0.3) is 38.7 Å². The molecule has 0 radical (unpaired) electrons. The zero-order valence-corrected chi connectivity index (χ0v) is 25.6. The van der Waals surface area contributed by atoms with Gasteiger partial charge in [-0.2, -0.15) is 0 Å². The van der Waals surface area contributed by atoms with Gasteiger partial charge in [-0.15, -0.1) is 16.2 Å². The molecule has 1 saturated carbocycles. The minimum atomic E-state index is -0.788. The Morgan fingerprint density at radius 2 is 1.70 bits per heavy atom. The highest BCUT2D eigenvalue weighted by Crippen LogP contribution is 2.42. The highest BCUT2D eigenvalue weighted by molar-refractivity contribution is 7.15. The van der Waals surface area contributed by atoms with E-state index in [9.17, 15) is 14.5 Å². The molecule has 3 heterocycles. The number of rotatable bonds is 6. The number of aromatic nitrogens is 2. The zero-order chi connectivity index (χ0) is 29.9. The molecular weight excluding hydrogens is 556 g/mol. The summed E-state index contributed by atoms with van der Waals surface area (Å²) >= 11 is 1.65. The number of fused-ring (bicyclic) bond motifs is 1. The van der Waals surface area contributed by atoms with Gasteiger partial charge in [-0.25, -0.2) is 9.97 Å². The Balaban J connectivity index is 1.48. The van der Waals surface area contributed by atoms with Gasteiger partial charge < -0.3 is 4.90 Å². The van der Waals surface area contributed by atoms with Crippen LogP contribution in [0.1, 0.15) is 89.5 Å². The van der Waals surface area contributed by atoms with Gasteiger partial charge in [0.2, 0.25) is 5.91 Å². The number of likely N-dealkylation sites (tertiary alicyclic amines) is 1. The molecule has 7 nitrogen and oxygen atoms in total. The molecule has 0 atom stereocenters. The quantitative estimate of drug-likeness (QED) is 0.165. The van der Waals surface area contributed by atoms with Gasteiger partial charge in [0, 0.05) is 35.3 Å². The second kappa shape index (κ2) is 12.7. The van der Waals surface area contributed by atoms with Gasteiger partial charge >= 0.3 is 5.91 Å². The number of nitrogens with zero attached hydrogens (tertiary/aromatic N) is 4. The van der Waals surface area contributed by atoms with Crippen LogP contribution in [-0.4, -0.2) is 39.8 Å². The summed E-state index contributed by atoms with van der Waals surface area (Å²) in [4.78, 5) is 49.6. The van der Waals surface area contributed by atoms with Crippen molar-refractivity contribution in [2.75, 3.05) is 13.1 Å². The molecule has 220 valence electrons. The van der Waals surface area contributed by atoms with Crippen molar-refractivity contribution in [1.82, 2.24) is 14.9 Å². The van der Waals surface area contributed by atoms with Gasteiger partial charge in [-0.3, -0.25) is 9.59 Å². The van der Waals surface area contributed by atoms with Gasteiger partial charge in [0.05, 0.1) is 26.8 Å². The van der Waals surface area contributed by atoms with Gasteiger partial charge in [0.1, 0.15) is 0 Å². The molecule has 6 rings (SSSR count). The summed E-state index contributed by atoms with van der Waals surface area (Å²) in [5.74, 6) is -0.565. The van der Waals surface area contributed by atoms with Crippen molar-refractivity contribution >= 4 is 40.1 Å². The van der Waals surface area contributed by atoms with E-state index in [1.54, 1.807) is 23.5 Å². The first kappa shape index (κ1) is 29.1. The topological polar surface area (TPSA) is 92.6 Å². The van der Waals surface area contributed by atoms with Crippen LogP contribution in [0.15, 0.2) is 53.7 Å². The molecule has 2 fully saturated rings. The lowest BCUT2D eigenvalue weighted by atomic mass is 9.78. The molecule has 2 aliphatic rings. The van der Waals surface area contributed by atoms with Crippen molar-refractivity contribution in [3.63, 3.8) is 0 Å². The molecule has 0 bridgehead atoms. The minimum absolute atomic E-state index is 0.0288. The van der Waals surface area contributed by atoms with Crippen molar-refractivity contribution in [1.29, 1.82) is 0 Å². The first-order valence-corrected chi connectivity index (χ1v) is 16.1. The Morgan fingerprint density at radius 3 is 2.42 bits per heavy atom. The predicted octanol–water partition coefficient (Wildman–Crippen LogP) is 8.62. The number of pyridine rings is 1. The van der Waals surface area contributed by atoms with Crippen LogP contribution in [0.4, 0.5) is 0 Å².